The zero-order chi connectivity index (χ0) is 10.9. The Labute approximate surface area is 70.8 Å². The fourth-order valence-electron chi connectivity index (χ4n) is 0.218. The van der Waals surface area contributed by atoms with Gasteiger partial charge in [0.05, 0.1) is 0 Å². The first kappa shape index (κ1) is 12.4. The molecule has 11 heteroatoms. The summed E-state index contributed by atoms with van der Waals surface area (Å²) in [5.41, 5.74) is -5.80. The van der Waals surface area contributed by atoms with Gasteiger partial charge in [0.2, 0.25) is 0 Å². The SMILES string of the molecule is O=S(=O)([CH+]F)NS(=O)(=O)C(F)(F)F. The number of sulfonamides is 2. The van der Waals surface area contributed by atoms with Crippen LogP contribution in [0.25, 0.3) is 0 Å². The van der Waals surface area contributed by atoms with Crippen molar-refractivity contribution >= 4 is 20.0 Å². The summed E-state index contributed by atoms with van der Waals surface area (Å²) in [6.45, 7) is 0. The molecule has 78 valence electrons. The summed E-state index contributed by atoms with van der Waals surface area (Å²) >= 11 is 0. The molecule has 0 rings (SSSR count). The summed E-state index contributed by atoms with van der Waals surface area (Å²) in [4.78, 5) is 0. The van der Waals surface area contributed by atoms with Crippen LogP contribution in [-0.4, -0.2) is 22.3 Å². The van der Waals surface area contributed by atoms with Gasteiger partial charge in [-0.1, -0.05) is 4.13 Å². The number of halogens is 4. The number of hydrogen-bond acceptors (Lipinski definition) is 4. The molecular formula is C2H2F4NO4S2+. The second-order valence-corrected chi connectivity index (χ2v) is 5.07. The van der Waals surface area contributed by atoms with Crippen LogP contribution in [-0.2, 0) is 20.0 Å². The largest absolute Gasteiger partial charge is 0.512 e. The van der Waals surface area contributed by atoms with Gasteiger partial charge in [-0.25, -0.2) is 8.42 Å². The predicted octanol–water partition coefficient (Wildman–Crippen LogP) is -0.156. The van der Waals surface area contributed by atoms with E-state index in [-0.39, 0.29) is 4.13 Å². The van der Waals surface area contributed by atoms with Crippen LogP contribution in [0.1, 0.15) is 0 Å². The van der Waals surface area contributed by atoms with Crippen LogP contribution in [0, 0.1) is 6.01 Å². The third-order valence-electron chi connectivity index (χ3n) is 0.648. The maximum absolute atomic E-state index is 11.4. The average molecular weight is 244 g/mol. The lowest BCUT2D eigenvalue weighted by molar-refractivity contribution is -0.0441. The van der Waals surface area contributed by atoms with Crippen molar-refractivity contribution in [2.45, 2.75) is 5.51 Å². The fraction of sp³-hybridized carbons (Fsp3) is 0.500. The van der Waals surface area contributed by atoms with Gasteiger partial charge in [-0.2, -0.15) is 21.6 Å². The number of nitrogens with one attached hydrogen (secondary N) is 1. The summed E-state index contributed by atoms with van der Waals surface area (Å²) in [6, 6.07) is -1.20. The molecule has 0 aliphatic heterocycles. The van der Waals surface area contributed by atoms with E-state index < -0.39 is 31.6 Å². The third kappa shape index (κ3) is 3.36. The van der Waals surface area contributed by atoms with Crippen molar-refractivity contribution in [3.8, 4) is 0 Å². The Morgan fingerprint density at radius 3 is 1.69 bits per heavy atom. The van der Waals surface area contributed by atoms with Crippen LogP contribution in [0.5, 0.6) is 0 Å². The monoisotopic (exact) mass is 244 g/mol. The topological polar surface area (TPSA) is 80.3 Å². The van der Waals surface area contributed by atoms with Gasteiger partial charge < -0.3 is 0 Å². The Bertz CT molecular complexity index is 365. The van der Waals surface area contributed by atoms with Crippen LogP contribution in [0.15, 0.2) is 0 Å². The highest BCUT2D eigenvalue weighted by Crippen LogP contribution is 2.22. The third-order valence-corrected chi connectivity index (χ3v) is 3.30. The second kappa shape index (κ2) is 3.31. The van der Waals surface area contributed by atoms with Gasteiger partial charge >= 0.3 is 31.6 Å². The Balaban J connectivity index is 4.97. The molecule has 0 amide bonds. The summed E-state index contributed by atoms with van der Waals surface area (Å²) in [5.74, 6) is 0. The van der Waals surface area contributed by atoms with Crippen molar-refractivity contribution < 1.29 is 34.4 Å². The molecule has 13 heavy (non-hydrogen) atoms. The van der Waals surface area contributed by atoms with Crippen molar-refractivity contribution in [3.63, 3.8) is 0 Å². The maximum Gasteiger partial charge on any atom is 0.512 e. The highest BCUT2D eigenvalue weighted by atomic mass is 32.3. The molecule has 0 bridgehead atoms. The van der Waals surface area contributed by atoms with Crippen LogP contribution in [0.4, 0.5) is 17.6 Å². The standard InChI is InChI=1S/C2H2F4NO4S2/c3-1-12(8,9)7-13(10,11)2(4,5)6/h1,7H/q+1. The van der Waals surface area contributed by atoms with Crippen molar-refractivity contribution in [1.82, 2.24) is 4.13 Å². The van der Waals surface area contributed by atoms with E-state index in [2.05, 4.69) is 0 Å². The molecule has 0 heterocycles. The van der Waals surface area contributed by atoms with Crippen molar-refractivity contribution in [3.05, 3.63) is 6.01 Å². The Morgan fingerprint density at radius 1 is 1.08 bits per heavy atom. The van der Waals surface area contributed by atoms with Crippen molar-refractivity contribution in [1.29, 1.82) is 0 Å². The normalized spacial score (nSPS) is 14.2. The molecule has 0 atom stereocenters. The van der Waals surface area contributed by atoms with E-state index in [0.29, 0.717) is 0 Å². The lowest BCUT2D eigenvalue weighted by atomic mass is 11.6. The molecule has 0 aliphatic carbocycles. The zero-order valence-electron chi connectivity index (χ0n) is 5.54. The van der Waals surface area contributed by atoms with Gasteiger partial charge in [0.15, 0.2) is 0 Å². The van der Waals surface area contributed by atoms with Gasteiger partial charge in [0.25, 0.3) is 0 Å². The summed E-state index contributed by atoms with van der Waals surface area (Å²) in [7, 11) is -11.3. The molecule has 0 spiro atoms. The maximum atomic E-state index is 11.4. The molecule has 0 aromatic heterocycles. The second-order valence-electron chi connectivity index (χ2n) is 1.67. The molecular weight excluding hydrogens is 242 g/mol. The molecule has 0 radical (unpaired) electrons. The molecule has 0 aromatic rings. The van der Waals surface area contributed by atoms with Crippen LogP contribution < -0.4 is 4.13 Å². The lowest BCUT2D eigenvalue weighted by Gasteiger charge is -2.04. The van der Waals surface area contributed by atoms with Crippen molar-refractivity contribution in [2.75, 3.05) is 0 Å². The number of rotatable bonds is 3. The summed E-state index contributed by atoms with van der Waals surface area (Å²) in [6.07, 6.45) is 0. The molecule has 0 saturated heterocycles. The number of alkyl halides is 3. The van der Waals surface area contributed by atoms with Gasteiger partial charge in [-0.05, 0) is 0 Å². The lowest BCUT2D eigenvalue weighted by Crippen LogP contribution is -2.39. The van der Waals surface area contributed by atoms with Gasteiger partial charge in [0, 0.05) is 4.39 Å². The fourth-order valence-corrected chi connectivity index (χ4v) is 1.97. The highest BCUT2D eigenvalue weighted by molar-refractivity contribution is 8.05. The minimum absolute atomic E-state index is 0.111. The first-order valence-corrected chi connectivity index (χ1v) is 5.33. The Kier molecular flexibility index (Phi) is 3.17. The van der Waals surface area contributed by atoms with Crippen molar-refractivity contribution in [2.24, 2.45) is 0 Å². The first-order valence-electron chi connectivity index (χ1n) is 2.30. The minimum atomic E-state index is -6.08. The minimum Gasteiger partial charge on any atom is -0.202 e. The van der Waals surface area contributed by atoms with E-state index >= 15 is 0 Å². The molecule has 0 unspecified atom stereocenters. The van der Waals surface area contributed by atoms with Gasteiger partial charge in [-0.3, -0.25) is 0 Å². The van der Waals surface area contributed by atoms with Crippen LogP contribution in [0.3, 0.4) is 0 Å². The molecule has 0 fully saturated rings. The summed E-state index contributed by atoms with van der Waals surface area (Å²) < 4.78 is 85.9. The van der Waals surface area contributed by atoms with E-state index in [0.717, 1.165) is 0 Å². The molecule has 0 aliphatic rings. The Hall–Kier alpha value is -0.550. The predicted molar refractivity (Wildman–Crippen MR) is 32.4 cm³/mol. The summed E-state index contributed by atoms with van der Waals surface area (Å²) in [5, 5.41) is 0. The quantitative estimate of drug-likeness (QED) is 0.552. The molecule has 5 nitrogen and oxygen atoms in total. The van der Waals surface area contributed by atoms with E-state index in [1.165, 1.54) is 0 Å². The Morgan fingerprint density at radius 2 is 1.46 bits per heavy atom. The smallest absolute Gasteiger partial charge is 0.202 e. The zero-order valence-corrected chi connectivity index (χ0v) is 7.17. The average Bonchev–Trinajstić information content (AvgIpc) is 1.83. The molecule has 0 aromatic carbocycles. The van der Waals surface area contributed by atoms with Gasteiger partial charge in [0.1, 0.15) is 0 Å². The van der Waals surface area contributed by atoms with Gasteiger partial charge in [-0.15, -0.1) is 0 Å². The van der Waals surface area contributed by atoms with E-state index in [1.807, 2.05) is 0 Å². The van der Waals surface area contributed by atoms with Crippen LogP contribution in [0.2, 0.25) is 0 Å². The first-order chi connectivity index (χ1) is 5.52. The van der Waals surface area contributed by atoms with E-state index in [9.17, 15) is 34.4 Å². The molecule has 0 saturated carbocycles. The van der Waals surface area contributed by atoms with Crippen LogP contribution >= 0.6 is 0 Å². The molecule has 1 N–H and O–H groups in total. The highest BCUT2D eigenvalue weighted by Gasteiger charge is 2.50. The van der Waals surface area contributed by atoms with E-state index in [4.69, 9.17) is 0 Å². The van der Waals surface area contributed by atoms with E-state index in [1.54, 1.807) is 0 Å². The number of hydrogen-bond donors (Lipinski definition) is 1.